The standard InChI is InChI=1S/C21H28O4/c1-6-24-19-12-11-17(13-20(19)23-5)16(3)21(14-22-4)25-18-10-8-7-9-15(18)2/h7-13,16,21H,6,14H2,1-5H3. The Morgan fingerprint density at radius 3 is 2.36 bits per heavy atom. The van der Waals surface area contributed by atoms with Gasteiger partial charge in [0.05, 0.1) is 20.3 Å². The third kappa shape index (κ3) is 4.89. The molecule has 2 aromatic carbocycles. The first kappa shape index (κ1) is 19.1. The summed E-state index contributed by atoms with van der Waals surface area (Å²) in [6, 6.07) is 14.0. The van der Waals surface area contributed by atoms with Crippen molar-refractivity contribution in [3.05, 3.63) is 53.6 Å². The van der Waals surface area contributed by atoms with Crippen molar-refractivity contribution in [1.82, 2.24) is 0 Å². The van der Waals surface area contributed by atoms with E-state index in [2.05, 4.69) is 13.0 Å². The van der Waals surface area contributed by atoms with E-state index in [0.29, 0.717) is 13.2 Å². The maximum atomic E-state index is 6.26. The van der Waals surface area contributed by atoms with Crippen LogP contribution in [-0.2, 0) is 4.74 Å². The van der Waals surface area contributed by atoms with E-state index in [1.807, 2.05) is 50.2 Å². The highest BCUT2D eigenvalue weighted by molar-refractivity contribution is 5.44. The molecule has 2 unspecified atom stereocenters. The average Bonchev–Trinajstić information content (AvgIpc) is 2.63. The summed E-state index contributed by atoms with van der Waals surface area (Å²) in [5, 5.41) is 0. The molecule has 25 heavy (non-hydrogen) atoms. The van der Waals surface area contributed by atoms with Crippen molar-refractivity contribution in [3.63, 3.8) is 0 Å². The van der Waals surface area contributed by atoms with E-state index < -0.39 is 0 Å². The molecule has 0 aliphatic carbocycles. The molecular weight excluding hydrogens is 316 g/mol. The zero-order valence-electron chi connectivity index (χ0n) is 15.7. The summed E-state index contributed by atoms with van der Waals surface area (Å²) in [7, 11) is 3.35. The molecule has 0 aliphatic rings. The van der Waals surface area contributed by atoms with Gasteiger partial charge in [-0.3, -0.25) is 0 Å². The van der Waals surface area contributed by atoms with Gasteiger partial charge in [0.2, 0.25) is 0 Å². The maximum absolute atomic E-state index is 6.26. The zero-order chi connectivity index (χ0) is 18.2. The number of aryl methyl sites for hydroxylation is 1. The first-order chi connectivity index (χ1) is 12.1. The van der Waals surface area contributed by atoms with Crippen molar-refractivity contribution >= 4 is 0 Å². The van der Waals surface area contributed by atoms with Gasteiger partial charge in [-0.25, -0.2) is 0 Å². The fraction of sp³-hybridized carbons (Fsp3) is 0.429. The lowest BCUT2D eigenvalue weighted by Gasteiger charge is -2.26. The van der Waals surface area contributed by atoms with Crippen molar-refractivity contribution in [1.29, 1.82) is 0 Å². The minimum Gasteiger partial charge on any atom is -0.493 e. The molecule has 2 aromatic rings. The molecule has 2 atom stereocenters. The third-order valence-electron chi connectivity index (χ3n) is 4.27. The van der Waals surface area contributed by atoms with Crippen LogP contribution in [0.1, 0.15) is 30.9 Å². The monoisotopic (exact) mass is 344 g/mol. The second-order valence-corrected chi connectivity index (χ2v) is 6.01. The largest absolute Gasteiger partial charge is 0.493 e. The Kier molecular flexibility index (Phi) is 7.14. The highest BCUT2D eigenvalue weighted by atomic mass is 16.5. The average molecular weight is 344 g/mol. The Bertz CT molecular complexity index is 669. The Morgan fingerprint density at radius 2 is 1.72 bits per heavy atom. The molecule has 2 rings (SSSR count). The van der Waals surface area contributed by atoms with Crippen molar-refractivity contribution < 1.29 is 18.9 Å². The molecule has 136 valence electrons. The molecule has 0 aliphatic heterocycles. The number of para-hydroxylation sites is 1. The summed E-state index contributed by atoms with van der Waals surface area (Å²) < 4.78 is 22.7. The molecule has 0 spiro atoms. The van der Waals surface area contributed by atoms with Crippen molar-refractivity contribution in [2.75, 3.05) is 27.4 Å². The lowest BCUT2D eigenvalue weighted by molar-refractivity contribution is 0.0665. The van der Waals surface area contributed by atoms with Gasteiger partial charge >= 0.3 is 0 Å². The summed E-state index contributed by atoms with van der Waals surface area (Å²) >= 11 is 0. The number of methoxy groups -OCH3 is 2. The number of rotatable bonds is 9. The van der Waals surface area contributed by atoms with Crippen LogP contribution in [0.15, 0.2) is 42.5 Å². The minimum absolute atomic E-state index is 0.103. The Hall–Kier alpha value is -2.20. The van der Waals surface area contributed by atoms with Crippen LogP contribution in [0.2, 0.25) is 0 Å². The lowest BCUT2D eigenvalue weighted by atomic mass is 9.95. The van der Waals surface area contributed by atoms with Gasteiger partial charge in [0.15, 0.2) is 11.5 Å². The van der Waals surface area contributed by atoms with Gasteiger partial charge in [-0.15, -0.1) is 0 Å². The van der Waals surface area contributed by atoms with Crippen molar-refractivity contribution in [2.24, 2.45) is 0 Å². The first-order valence-corrected chi connectivity index (χ1v) is 8.62. The van der Waals surface area contributed by atoms with Gasteiger partial charge in [0.1, 0.15) is 11.9 Å². The minimum atomic E-state index is -0.103. The van der Waals surface area contributed by atoms with E-state index in [4.69, 9.17) is 18.9 Å². The van der Waals surface area contributed by atoms with E-state index in [9.17, 15) is 0 Å². The molecule has 0 bridgehead atoms. The van der Waals surface area contributed by atoms with Gasteiger partial charge in [-0.2, -0.15) is 0 Å². The number of benzene rings is 2. The summed E-state index contributed by atoms with van der Waals surface area (Å²) in [6.07, 6.45) is -0.103. The highest BCUT2D eigenvalue weighted by Crippen LogP contribution is 2.33. The van der Waals surface area contributed by atoms with Crippen LogP contribution in [0.25, 0.3) is 0 Å². The SMILES string of the molecule is CCOc1ccc(C(C)C(COC)Oc2ccccc2C)cc1OC. The molecule has 0 amide bonds. The van der Waals surface area contributed by atoms with E-state index >= 15 is 0 Å². The molecule has 0 fully saturated rings. The van der Waals surface area contributed by atoms with E-state index in [0.717, 1.165) is 28.4 Å². The quantitative estimate of drug-likeness (QED) is 0.666. The second kappa shape index (κ2) is 9.33. The van der Waals surface area contributed by atoms with Crippen LogP contribution in [0.5, 0.6) is 17.2 Å². The van der Waals surface area contributed by atoms with Crippen LogP contribution in [0, 0.1) is 6.92 Å². The van der Waals surface area contributed by atoms with Crippen LogP contribution in [0.4, 0.5) is 0 Å². The predicted octanol–water partition coefficient (Wildman–Crippen LogP) is 4.60. The van der Waals surface area contributed by atoms with Gasteiger partial charge in [0, 0.05) is 13.0 Å². The van der Waals surface area contributed by atoms with E-state index in [1.54, 1.807) is 14.2 Å². The molecule has 0 saturated carbocycles. The lowest BCUT2D eigenvalue weighted by Crippen LogP contribution is -2.29. The van der Waals surface area contributed by atoms with Crippen LogP contribution >= 0.6 is 0 Å². The number of ether oxygens (including phenoxy) is 4. The predicted molar refractivity (Wildman–Crippen MR) is 100 cm³/mol. The highest BCUT2D eigenvalue weighted by Gasteiger charge is 2.23. The van der Waals surface area contributed by atoms with Gasteiger partial charge in [-0.1, -0.05) is 31.2 Å². The molecular formula is C21H28O4. The van der Waals surface area contributed by atoms with E-state index in [-0.39, 0.29) is 12.0 Å². The topological polar surface area (TPSA) is 36.9 Å². The van der Waals surface area contributed by atoms with Gasteiger partial charge in [-0.05, 0) is 43.2 Å². The first-order valence-electron chi connectivity index (χ1n) is 8.62. The fourth-order valence-electron chi connectivity index (χ4n) is 2.75. The third-order valence-corrected chi connectivity index (χ3v) is 4.27. The Balaban J connectivity index is 2.24. The second-order valence-electron chi connectivity index (χ2n) is 6.01. The fourth-order valence-corrected chi connectivity index (χ4v) is 2.75. The molecule has 4 nitrogen and oxygen atoms in total. The van der Waals surface area contributed by atoms with Crippen LogP contribution in [0.3, 0.4) is 0 Å². The van der Waals surface area contributed by atoms with Crippen molar-refractivity contribution in [2.45, 2.75) is 32.8 Å². The Labute approximate surface area is 150 Å². The normalized spacial score (nSPS) is 13.2. The summed E-state index contributed by atoms with van der Waals surface area (Å²) in [4.78, 5) is 0. The molecule has 0 aromatic heterocycles. The summed E-state index contributed by atoms with van der Waals surface area (Å²) in [6.45, 7) is 7.25. The van der Waals surface area contributed by atoms with Gasteiger partial charge < -0.3 is 18.9 Å². The van der Waals surface area contributed by atoms with Crippen molar-refractivity contribution in [3.8, 4) is 17.2 Å². The molecule has 0 saturated heterocycles. The Morgan fingerprint density at radius 1 is 0.960 bits per heavy atom. The molecule has 0 heterocycles. The number of hydrogen-bond acceptors (Lipinski definition) is 4. The molecule has 0 N–H and O–H groups in total. The smallest absolute Gasteiger partial charge is 0.161 e. The van der Waals surface area contributed by atoms with E-state index in [1.165, 1.54) is 0 Å². The van der Waals surface area contributed by atoms with Crippen LogP contribution < -0.4 is 14.2 Å². The summed E-state index contributed by atoms with van der Waals surface area (Å²) in [5.74, 6) is 2.50. The zero-order valence-corrected chi connectivity index (χ0v) is 15.7. The maximum Gasteiger partial charge on any atom is 0.161 e. The number of hydrogen-bond donors (Lipinski definition) is 0. The van der Waals surface area contributed by atoms with Gasteiger partial charge in [0.25, 0.3) is 0 Å². The summed E-state index contributed by atoms with van der Waals surface area (Å²) in [5.41, 5.74) is 2.23. The van der Waals surface area contributed by atoms with Crippen LogP contribution in [-0.4, -0.2) is 33.5 Å². The molecule has 0 radical (unpaired) electrons. The molecule has 4 heteroatoms.